The van der Waals surface area contributed by atoms with E-state index >= 15 is 0 Å². The fourth-order valence-corrected chi connectivity index (χ4v) is 6.70. The van der Waals surface area contributed by atoms with Gasteiger partial charge in [-0.1, -0.05) is 70.0 Å². The fraction of sp³-hybridized carbons (Fsp3) is 1.00. The maximum atomic E-state index is 12.5. The van der Waals surface area contributed by atoms with E-state index in [2.05, 4.69) is 13.8 Å². The number of hydrogen-bond acceptors (Lipinski definition) is 1. The largest absolute Gasteiger partial charge is 0.616 e. The normalized spacial score (nSPS) is 35.8. The molecular formula is C22H42OS. The zero-order chi connectivity index (χ0) is 17.4. The second kappa shape index (κ2) is 10.5. The van der Waals surface area contributed by atoms with Gasteiger partial charge in [0.2, 0.25) is 0 Å². The Morgan fingerprint density at radius 3 is 1.96 bits per heavy atom. The first-order valence-electron chi connectivity index (χ1n) is 10.9. The van der Waals surface area contributed by atoms with E-state index in [9.17, 15) is 4.55 Å². The molecule has 2 aliphatic carbocycles. The summed E-state index contributed by atoms with van der Waals surface area (Å²) < 4.78 is 12.6. The molecule has 0 bridgehead atoms. The van der Waals surface area contributed by atoms with E-state index < -0.39 is 11.2 Å². The van der Waals surface area contributed by atoms with Crippen LogP contribution in [0.15, 0.2) is 0 Å². The maximum Gasteiger partial charge on any atom is 0.125 e. The predicted molar refractivity (Wildman–Crippen MR) is 108 cm³/mol. The number of unbranched alkanes of at least 4 members (excludes halogenated alkanes) is 3. The van der Waals surface area contributed by atoms with E-state index in [-0.39, 0.29) is 4.75 Å². The van der Waals surface area contributed by atoms with Gasteiger partial charge in [0.1, 0.15) is 4.75 Å². The van der Waals surface area contributed by atoms with Gasteiger partial charge >= 0.3 is 0 Å². The lowest BCUT2D eigenvalue weighted by molar-refractivity contribution is 0.146. The summed E-state index contributed by atoms with van der Waals surface area (Å²) in [6.45, 7) is 4.58. The Kier molecular flexibility index (Phi) is 8.98. The zero-order valence-electron chi connectivity index (χ0n) is 16.7. The summed E-state index contributed by atoms with van der Waals surface area (Å²) in [7, 11) is 0. The lowest BCUT2D eigenvalue weighted by atomic mass is 9.68. The first-order valence-corrected chi connectivity index (χ1v) is 12.5. The van der Waals surface area contributed by atoms with Crippen molar-refractivity contribution in [1.82, 2.24) is 0 Å². The van der Waals surface area contributed by atoms with Crippen LogP contribution in [0.4, 0.5) is 0 Å². The van der Waals surface area contributed by atoms with Crippen molar-refractivity contribution in [3.63, 3.8) is 0 Å². The summed E-state index contributed by atoms with van der Waals surface area (Å²) in [6, 6.07) is 0. The third kappa shape index (κ3) is 5.66. The maximum absolute atomic E-state index is 12.5. The Hall–Kier alpha value is 0.310. The predicted octanol–water partition coefficient (Wildman–Crippen LogP) is 6.87. The molecule has 2 rings (SSSR count). The van der Waals surface area contributed by atoms with E-state index in [0.717, 1.165) is 17.8 Å². The molecule has 1 atom stereocenters. The highest BCUT2D eigenvalue weighted by Gasteiger charge is 2.44. The van der Waals surface area contributed by atoms with Crippen molar-refractivity contribution in [1.29, 1.82) is 0 Å². The van der Waals surface area contributed by atoms with Crippen LogP contribution >= 0.6 is 0 Å². The Bertz CT molecular complexity index is 325. The standard InChI is InChI=1S/C22H42OS/c1-4-6-8-16-22(24(3)23)17-14-21(15-18-22)20-12-10-19(11-13-20)9-7-5-2/h19-21H,4-18H2,1-3H3. The molecule has 1 nitrogen and oxygen atoms in total. The van der Waals surface area contributed by atoms with E-state index in [4.69, 9.17) is 0 Å². The highest BCUT2D eigenvalue weighted by atomic mass is 32.2. The van der Waals surface area contributed by atoms with Crippen LogP contribution in [0.1, 0.15) is 110 Å². The van der Waals surface area contributed by atoms with Gasteiger partial charge in [0.25, 0.3) is 0 Å². The molecule has 2 heteroatoms. The van der Waals surface area contributed by atoms with E-state index in [1.165, 1.54) is 96.3 Å². The third-order valence-electron chi connectivity index (χ3n) is 7.31. The van der Waals surface area contributed by atoms with Crippen LogP contribution < -0.4 is 0 Å². The lowest BCUT2D eigenvalue weighted by Crippen LogP contribution is -2.43. The van der Waals surface area contributed by atoms with Gasteiger partial charge in [0.05, 0.1) is 6.26 Å². The van der Waals surface area contributed by atoms with Crippen LogP contribution in [0, 0.1) is 17.8 Å². The van der Waals surface area contributed by atoms with Gasteiger partial charge in [0, 0.05) is 0 Å². The van der Waals surface area contributed by atoms with Gasteiger partial charge in [-0.05, 0) is 69.1 Å². The van der Waals surface area contributed by atoms with Crippen LogP contribution in [0.3, 0.4) is 0 Å². The summed E-state index contributed by atoms with van der Waals surface area (Å²) in [5, 5.41) is 0. The molecule has 1 unspecified atom stereocenters. The average Bonchev–Trinajstić information content (AvgIpc) is 2.61. The van der Waals surface area contributed by atoms with E-state index in [1.807, 2.05) is 6.26 Å². The van der Waals surface area contributed by atoms with Crippen LogP contribution in [0.2, 0.25) is 0 Å². The SMILES string of the molecule is CCCCCC1([S+](C)[O-])CCC(C2CCC(CCCC)CC2)CC1. The van der Waals surface area contributed by atoms with Crippen molar-refractivity contribution in [2.75, 3.05) is 6.26 Å². The molecule has 0 aromatic heterocycles. The minimum Gasteiger partial charge on any atom is -0.616 e. The van der Waals surface area contributed by atoms with Crippen LogP contribution in [0.25, 0.3) is 0 Å². The van der Waals surface area contributed by atoms with Gasteiger partial charge in [-0.2, -0.15) is 0 Å². The van der Waals surface area contributed by atoms with Gasteiger partial charge < -0.3 is 4.55 Å². The molecule has 2 aliphatic rings. The van der Waals surface area contributed by atoms with Gasteiger partial charge in [-0.3, -0.25) is 0 Å². The van der Waals surface area contributed by atoms with Gasteiger partial charge in [-0.25, -0.2) is 0 Å². The molecule has 2 fully saturated rings. The third-order valence-corrected chi connectivity index (χ3v) is 9.14. The molecule has 0 aromatic carbocycles. The Morgan fingerprint density at radius 2 is 1.42 bits per heavy atom. The molecule has 0 aromatic rings. The van der Waals surface area contributed by atoms with Crippen molar-refractivity contribution >= 4 is 11.2 Å². The molecule has 0 aliphatic heterocycles. The number of hydrogen-bond donors (Lipinski definition) is 0. The van der Waals surface area contributed by atoms with Gasteiger partial charge in [-0.15, -0.1) is 0 Å². The van der Waals surface area contributed by atoms with Crippen LogP contribution in [-0.4, -0.2) is 15.6 Å². The molecule has 0 N–H and O–H groups in total. The molecular weight excluding hydrogens is 312 g/mol. The second-order valence-electron chi connectivity index (χ2n) is 8.85. The minimum atomic E-state index is -0.644. The first kappa shape index (κ1) is 20.6. The van der Waals surface area contributed by atoms with E-state index in [1.54, 1.807) is 0 Å². The topological polar surface area (TPSA) is 23.1 Å². The molecule has 2 saturated carbocycles. The Balaban J connectivity index is 1.77. The summed E-state index contributed by atoms with van der Waals surface area (Å²) in [6.07, 6.45) is 22.4. The van der Waals surface area contributed by atoms with E-state index in [0.29, 0.717) is 0 Å². The molecule has 0 amide bonds. The van der Waals surface area contributed by atoms with Gasteiger partial charge in [0.15, 0.2) is 0 Å². The monoisotopic (exact) mass is 354 g/mol. The molecule has 0 radical (unpaired) electrons. The minimum absolute atomic E-state index is 0.171. The van der Waals surface area contributed by atoms with Crippen molar-refractivity contribution in [3.8, 4) is 0 Å². The smallest absolute Gasteiger partial charge is 0.125 e. The molecule has 0 heterocycles. The lowest BCUT2D eigenvalue weighted by Gasteiger charge is -2.43. The van der Waals surface area contributed by atoms with Crippen molar-refractivity contribution < 1.29 is 4.55 Å². The molecule has 24 heavy (non-hydrogen) atoms. The molecule has 142 valence electrons. The highest BCUT2D eigenvalue weighted by molar-refractivity contribution is 7.92. The molecule has 0 saturated heterocycles. The quantitative estimate of drug-likeness (QED) is 0.327. The fourth-order valence-electron chi connectivity index (χ4n) is 5.46. The summed E-state index contributed by atoms with van der Waals surface area (Å²) in [5.41, 5.74) is 0. The highest BCUT2D eigenvalue weighted by Crippen LogP contribution is 2.47. The summed E-state index contributed by atoms with van der Waals surface area (Å²) in [5.74, 6) is 2.96. The van der Waals surface area contributed by atoms with Crippen LogP contribution in [-0.2, 0) is 11.2 Å². The van der Waals surface area contributed by atoms with Crippen molar-refractivity contribution in [3.05, 3.63) is 0 Å². The Labute approximate surface area is 154 Å². The summed E-state index contributed by atoms with van der Waals surface area (Å²) >= 11 is -0.644. The average molecular weight is 355 g/mol. The van der Waals surface area contributed by atoms with Crippen molar-refractivity contribution in [2.24, 2.45) is 17.8 Å². The van der Waals surface area contributed by atoms with Crippen molar-refractivity contribution in [2.45, 2.75) is 115 Å². The number of rotatable bonds is 9. The second-order valence-corrected chi connectivity index (χ2v) is 10.6. The van der Waals surface area contributed by atoms with Crippen LogP contribution in [0.5, 0.6) is 0 Å². The molecule has 0 spiro atoms. The first-order chi connectivity index (χ1) is 11.6. The summed E-state index contributed by atoms with van der Waals surface area (Å²) in [4.78, 5) is 0. The zero-order valence-corrected chi connectivity index (χ0v) is 17.5. The Morgan fingerprint density at radius 1 is 0.833 bits per heavy atom.